The third-order valence-corrected chi connectivity index (χ3v) is 13.5. The van der Waals surface area contributed by atoms with E-state index in [1.165, 1.54) is 14.2 Å². The Morgan fingerprint density at radius 3 is 1.12 bits per heavy atom. The second kappa shape index (κ2) is 31.0. The van der Waals surface area contributed by atoms with Crippen molar-refractivity contribution in [2.75, 3.05) is 103 Å². The normalized spacial score (nSPS) is 13.7. The molecule has 414 valence electrons. The molecule has 0 atom stereocenters. The predicted octanol–water partition coefficient (Wildman–Crippen LogP) is 5.39. The average Bonchev–Trinajstić information content (AvgIpc) is 3.55. The van der Waals surface area contributed by atoms with Crippen molar-refractivity contribution in [1.82, 2.24) is 51.2 Å². The Labute approximate surface area is 501 Å². The number of benzene rings is 6. The molecule has 6 heterocycles. The summed E-state index contributed by atoms with van der Waals surface area (Å²) in [6.45, 7) is 11.6. The van der Waals surface area contributed by atoms with Crippen LogP contribution in [0.2, 0.25) is 0 Å². The number of carboxylic acids is 1. The van der Waals surface area contributed by atoms with Crippen molar-refractivity contribution in [2.24, 2.45) is 0 Å². The molecule has 0 unspecified atom stereocenters. The van der Waals surface area contributed by atoms with E-state index in [-0.39, 0.29) is 60.0 Å². The van der Waals surface area contributed by atoms with Crippen molar-refractivity contribution in [3.63, 3.8) is 0 Å². The first-order chi connectivity index (χ1) is 38.2. The number of nitrogens with zero attached hydrogens (tertiary/aromatic N) is 8. The number of carbonyl (C=O) groups excluding carboxylic acids is 2. The second-order valence-corrected chi connectivity index (χ2v) is 18.9. The Kier molecular flexibility index (Phi) is 24.0. The molecule has 6 aromatic carbocycles. The molecule has 0 saturated carbocycles. The summed E-state index contributed by atoms with van der Waals surface area (Å²) >= 11 is 3.44. The Morgan fingerprint density at radius 2 is 0.765 bits per heavy atom. The van der Waals surface area contributed by atoms with Gasteiger partial charge in [0, 0.05) is 95.2 Å². The minimum Gasteiger partial charge on any atom is -0.870 e. The van der Waals surface area contributed by atoms with Crippen molar-refractivity contribution >= 4 is 78.6 Å². The molecule has 0 bridgehead atoms. The molecule has 0 radical (unpaired) electrons. The van der Waals surface area contributed by atoms with Gasteiger partial charge in [0.15, 0.2) is 11.6 Å². The van der Waals surface area contributed by atoms with E-state index in [2.05, 4.69) is 57.0 Å². The van der Waals surface area contributed by atoms with Gasteiger partial charge in [0.25, 0.3) is 0 Å². The van der Waals surface area contributed by atoms with E-state index in [9.17, 15) is 19.5 Å². The number of methoxy groups -OCH3 is 2. The first-order valence-electron chi connectivity index (χ1n) is 25.7. The summed E-state index contributed by atoms with van der Waals surface area (Å²) < 4.78 is 10.2. The molecule has 81 heavy (non-hydrogen) atoms. The first-order valence-corrected chi connectivity index (χ1v) is 26.5. The summed E-state index contributed by atoms with van der Waals surface area (Å²) in [7, 11) is 2.73. The van der Waals surface area contributed by atoms with E-state index in [0.717, 1.165) is 135 Å². The molecule has 3 fully saturated rings. The van der Waals surface area contributed by atoms with Crippen molar-refractivity contribution in [2.45, 2.75) is 7.43 Å². The minimum atomic E-state index is -0.959. The number of carbonyl (C=O) groups is 3. The van der Waals surface area contributed by atoms with Gasteiger partial charge >= 0.3 is 47.5 Å². The SMILES string of the molecule is C.C1CNCCN1.COC(=O)c1ccc2nc(-c3ccccc3)c(Br)nc2c1.COC(=O)c1ccc2nc(-c3ccccc3)c(N3CCNCC3)nc2c1.O=C(O)c1ccc2nc(-c3ccccc3)c(N3CCNCC3)nc2c1.[Na+].[OH-]. The zero-order valence-electron chi connectivity index (χ0n) is 44.7. The molecular weight excluding hydrogens is 1100 g/mol. The van der Waals surface area contributed by atoms with E-state index in [0.29, 0.717) is 37.8 Å². The molecular formula is C60H64BrN12NaO7. The van der Waals surface area contributed by atoms with Gasteiger partial charge in [0.2, 0.25) is 0 Å². The maximum Gasteiger partial charge on any atom is 1.00 e. The predicted molar refractivity (Wildman–Crippen MR) is 317 cm³/mol. The van der Waals surface area contributed by atoms with E-state index < -0.39 is 5.97 Å². The summed E-state index contributed by atoms with van der Waals surface area (Å²) in [6.07, 6.45) is 0. The van der Waals surface area contributed by atoms with Crippen LogP contribution < -0.4 is 60.6 Å². The minimum absolute atomic E-state index is 0. The molecule has 12 rings (SSSR count). The fraction of sp³-hybridized carbons (Fsp3) is 0.250. The van der Waals surface area contributed by atoms with Gasteiger partial charge in [0.1, 0.15) is 21.7 Å². The molecule has 21 heteroatoms. The number of hydrogen-bond acceptors (Lipinski definition) is 18. The smallest absolute Gasteiger partial charge is 0.870 e. The van der Waals surface area contributed by atoms with Crippen LogP contribution in [0.5, 0.6) is 0 Å². The Hall–Kier alpha value is -7.37. The number of fused-ring (bicyclic) bond motifs is 3. The Morgan fingerprint density at radius 1 is 0.444 bits per heavy atom. The quantitative estimate of drug-likeness (QED) is 0.0945. The number of halogens is 1. The summed E-state index contributed by atoms with van der Waals surface area (Å²) in [5.41, 5.74) is 10.8. The standard InChI is InChI=1S/C20H20N4O2.C19H18N4O2.C16H11BrN2O2.C4H10N2.CH4.Na.H2O/c1-26-20(25)15-7-8-16-17(13-15)23-19(24-11-9-21-10-12-24)18(22-16)14-5-3-2-4-6-14;24-19(25)14-6-7-15-16(12-14)22-18(23-10-8-20-9-11-23)17(21-15)13-4-2-1-3-5-13;1-21-16(20)11-7-8-12-13(9-11)19-15(17)14(18-12)10-5-3-2-4-6-10;1-2-6-4-3-5-1;;;/h2-8,13,21H,9-12H2,1H3;1-7,12,20H,8-11H2,(H,24,25);2-9H,1H3;5-6H,1-4H2;1H4;;1H2/q;;;;;+1;/p-1. The van der Waals surface area contributed by atoms with Gasteiger partial charge in [-0.1, -0.05) is 98.4 Å². The van der Waals surface area contributed by atoms with Gasteiger partial charge in [-0.25, -0.2) is 44.3 Å². The molecule has 3 aromatic heterocycles. The zero-order valence-corrected chi connectivity index (χ0v) is 48.3. The van der Waals surface area contributed by atoms with Gasteiger partial charge in [-0.2, -0.15) is 0 Å². The summed E-state index contributed by atoms with van der Waals surface area (Å²) in [5, 5.41) is 22.4. The van der Waals surface area contributed by atoms with E-state index in [1.54, 1.807) is 48.5 Å². The Balaban J connectivity index is 0.000000183. The van der Waals surface area contributed by atoms with Crippen LogP contribution in [0.25, 0.3) is 66.9 Å². The van der Waals surface area contributed by atoms with Crippen molar-refractivity contribution in [1.29, 1.82) is 0 Å². The van der Waals surface area contributed by atoms with Gasteiger partial charge < -0.3 is 51.1 Å². The van der Waals surface area contributed by atoms with E-state index >= 15 is 0 Å². The maximum atomic E-state index is 11.8. The number of hydrogen-bond donors (Lipinski definition) is 5. The monoisotopic (exact) mass is 1170 g/mol. The first kappa shape index (κ1) is 62.8. The summed E-state index contributed by atoms with van der Waals surface area (Å²) in [6, 6.07) is 45.2. The number of rotatable bonds is 8. The molecule has 0 spiro atoms. The van der Waals surface area contributed by atoms with Crippen LogP contribution in [-0.2, 0) is 9.47 Å². The van der Waals surface area contributed by atoms with Crippen LogP contribution in [0.4, 0.5) is 11.6 Å². The number of carboxylic acid groups (broad SMARTS) is 1. The molecule has 3 aliphatic rings. The molecule has 0 amide bonds. The number of anilines is 2. The molecule has 9 aromatic rings. The van der Waals surface area contributed by atoms with Gasteiger partial charge in [0.05, 0.1) is 64.0 Å². The van der Waals surface area contributed by atoms with Crippen LogP contribution >= 0.6 is 15.9 Å². The number of aromatic nitrogens is 6. The van der Waals surface area contributed by atoms with E-state index in [1.807, 2.05) is 97.1 Å². The number of ether oxygens (including phenoxy) is 2. The number of aromatic carboxylic acids is 1. The van der Waals surface area contributed by atoms with Crippen molar-refractivity contribution in [3.05, 3.63) is 167 Å². The molecule has 3 aliphatic heterocycles. The van der Waals surface area contributed by atoms with Crippen LogP contribution in [0.1, 0.15) is 38.5 Å². The van der Waals surface area contributed by atoms with Crippen LogP contribution in [-0.4, -0.2) is 151 Å². The second-order valence-electron chi connectivity index (χ2n) is 18.1. The van der Waals surface area contributed by atoms with Gasteiger partial charge in [-0.3, -0.25) is 0 Å². The largest absolute Gasteiger partial charge is 1.00 e. The maximum absolute atomic E-state index is 11.8. The van der Waals surface area contributed by atoms with Crippen LogP contribution in [0.15, 0.2) is 150 Å². The fourth-order valence-corrected chi connectivity index (χ4v) is 9.41. The van der Waals surface area contributed by atoms with Gasteiger partial charge in [-0.05, 0) is 70.5 Å². The molecule has 0 aliphatic carbocycles. The molecule has 3 saturated heterocycles. The van der Waals surface area contributed by atoms with Crippen LogP contribution in [0, 0.1) is 0 Å². The summed E-state index contributed by atoms with van der Waals surface area (Å²) in [5.74, 6) is -0.0546. The average molecular weight is 1170 g/mol. The van der Waals surface area contributed by atoms with Crippen molar-refractivity contribution in [3.8, 4) is 33.8 Å². The number of esters is 2. The van der Waals surface area contributed by atoms with Crippen molar-refractivity contribution < 1.29 is 64.0 Å². The third-order valence-electron chi connectivity index (χ3n) is 12.9. The molecule has 6 N–H and O–H groups in total. The Bertz CT molecular complexity index is 3510. The van der Waals surface area contributed by atoms with Gasteiger partial charge in [-0.15, -0.1) is 0 Å². The third kappa shape index (κ3) is 16.2. The number of piperazine rings is 3. The molecule has 19 nitrogen and oxygen atoms in total. The summed E-state index contributed by atoms with van der Waals surface area (Å²) in [4.78, 5) is 67.5. The fourth-order valence-electron chi connectivity index (χ4n) is 8.90. The van der Waals surface area contributed by atoms with E-state index in [4.69, 9.17) is 29.4 Å². The zero-order chi connectivity index (χ0) is 54.2. The van der Waals surface area contributed by atoms with Crippen LogP contribution in [0.3, 0.4) is 0 Å². The number of nitrogens with one attached hydrogen (secondary N) is 4. The topological polar surface area (TPSA) is 252 Å².